The van der Waals surface area contributed by atoms with Crippen molar-refractivity contribution in [2.75, 3.05) is 4.90 Å². The van der Waals surface area contributed by atoms with Gasteiger partial charge in [0.1, 0.15) is 0 Å². The number of fused-ring (bicyclic) bond motifs is 7. The molecule has 1 aromatic heterocycles. The largest absolute Gasteiger partial charge is 0.310 e. The molecule has 0 fully saturated rings. The molecule has 0 unspecified atom stereocenters. The molecule has 10 rings (SSSR count). The summed E-state index contributed by atoms with van der Waals surface area (Å²) in [5, 5.41) is 5.11. The molecule has 0 N–H and O–H groups in total. The Bertz CT molecular complexity index is 2920. The zero-order chi connectivity index (χ0) is 37.5. The lowest BCUT2D eigenvalue weighted by Crippen LogP contribution is -2.15. The van der Waals surface area contributed by atoms with Crippen LogP contribution in [0.25, 0.3) is 64.3 Å². The lowest BCUT2D eigenvalue weighted by Gasteiger charge is -2.30. The fraction of sp³-hybridized carbons (Fsp3) is 0.132. The Kier molecular flexibility index (Phi) is 7.67. The molecule has 1 heterocycles. The van der Waals surface area contributed by atoms with E-state index in [-0.39, 0.29) is 10.8 Å². The molecule has 0 amide bonds. The zero-order valence-electron chi connectivity index (χ0n) is 32.0. The number of hydrogen-bond donors (Lipinski definition) is 0. The quantitative estimate of drug-likeness (QED) is 0.171. The van der Waals surface area contributed by atoms with Crippen molar-refractivity contribution in [3.8, 4) is 33.4 Å². The van der Waals surface area contributed by atoms with E-state index >= 15 is 0 Å². The normalized spacial score (nSPS) is 13.3. The summed E-state index contributed by atoms with van der Waals surface area (Å²) in [6.07, 6.45) is 0. The van der Waals surface area contributed by atoms with Crippen molar-refractivity contribution < 1.29 is 0 Å². The Morgan fingerprint density at radius 2 is 1.11 bits per heavy atom. The van der Waals surface area contributed by atoms with Crippen LogP contribution in [0.5, 0.6) is 0 Å². The minimum Gasteiger partial charge on any atom is -0.310 e. The predicted molar refractivity (Wildman–Crippen MR) is 239 cm³/mol. The fourth-order valence-corrected chi connectivity index (χ4v) is 10.1. The SMILES string of the molecule is CC(C)(C)c1ccc(-c2ccc(N(c3ccc4c(c3)-c3ccccc3C4(C)C)c3ccc4ccccc4c3-c3cccc4sc5ccccc5c34)cc2)cc1. The van der Waals surface area contributed by atoms with Gasteiger partial charge in [-0.3, -0.25) is 0 Å². The van der Waals surface area contributed by atoms with E-state index in [2.05, 4.69) is 209 Å². The summed E-state index contributed by atoms with van der Waals surface area (Å²) in [6.45, 7) is 11.5. The van der Waals surface area contributed by atoms with Gasteiger partial charge in [0, 0.05) is 42.5 Å². The van der Waals surface area contributed by atoms with E-state index in [9.17, 15) is 0 Å². The average Bonchev–Trinajstić information content (AvgIpc) is 3.70. The Hall–Kier alpha value is -5.96. The molecule has 0 spiro atoms. The summed E-state index contributed by atoms with van der Waals surface area (Å²) in [7, 11) is 0. The van der Waals surface area contributed by atoms with Crippen molar-refractivity contribution in [3.05, 3.63) is 187 Å². The highest BCUT2D eigenvalue weighted by atomic mass is 32.1. The Labute approximate surface area is 328 Å². The van der Waals surface area contributed by atoms with E-state index < -0.39 is 0 Å². The molecule has 1 nitrogen and oxygen atoms in total. The standard InChI is InChI=1S/C53H43NS/c1-52(2,3)37-26-21-34(22-27-37)35-23-28-38(29-24-35)54(39-30-31-46-44(33-39)41-15-8-10-18-45(41)53(46,4)5)47-32-25-36-13-6-7-14-40(36)50(47)43-17-12-20-49-51(43)42-16-9-11-19-48(42)55-49/h6-33H,1-5H3. The number of anilines is 3. The third-order valence-electron chi connectivity index (χ3n) is 11.9. The number of hydrogen-bond acceptors (Lipinski definition) is 2. The van der Waals surface area contributed by atoms with Gasteiger partial charge >= 0.3 is 0 Å². The maximum Gasteiger partial charge on any atom is 0.0546 e. The lowest BCUT2D eigenvalue weighted by atomic mass is 9.82. The van der Waals surface area contributed by atoms with Gasteiger partial charge in [0.25, 0.3) is 0 Å². The third kappa shape index (κ3) is 5.42. The first-order chi connectivity index (χ1) is 26.7. The van der Waals surface area contributed by atoms with Gasteiger partial charge in [0.2, 0.25) is 0 Å². The van der Waals surface area contributed by atoms with E-state index in [1.165, 1.54) is 81.0 Å². The van der Waals surface area contributed by atoms with Gasteiger partial charge in [-0.05, 0) is 103 Å². The van der Waals surface area contributed by atoms with Crippen molar-refractivity contribution in [2.45, 2.75) is 45.4 Å². The highest BCUT2D eigenvalue weighted by molar-refractivity contribution is 7.25. The summed E-state index contributed by atoms with van der Waals surface area (Å²) in [4.78, 5) is 2.50. The monoisotopic (exact) mass is 725 g/mol. The topological polar surface area (TPSA) is 3.24 Å². The summed E-state index contributed by atoms with van der Waals surface area (Å²) < 4.78 is 2.62. The van der Waals surface area contributed by atoms with Crippen molar-refractivity contribution >= 4 is 59.3 Å². The smallest absolute Gasteiger partial charge is 0.0546 e. The number of benzene rings is 8. The van der Waals surface area contributed by atoms with Crippen LogP contribution in [0, 0.1) is 0 Å². The van der Waals surface area contributed by atoms with Crippen LogP contribution in [-0.2, 0) is 10.8 Å². The number of thiophene rings is 1. The van der Waals surface area contributed by atoms with E-state index in [0.717, 1.165) is 17.1 Å². The van der Waals surface area contributed by atoms with Gasteiger partial charge in [-0.2, -0.15) is 0 Å². The maximum atomic E-state index is 2.50. The van der Waals surface area contributed by atoms with E-state index in [1.807, 2.05) is 11.3 Å². The van der Waals surface area contributed by atoms with Crippen molar-refractivity contribution in [1.29, 1.82) is 0 Å². The zero-order valence-corrected chi connectivity index (χ0v) is 32.8. The average molecular weight is 726 g/mol. The maximum absolute atomic E-state index is 2.50. The van der Waals surface area contributed by atoms with Crippen LogP contribution in [0.4, 0.5) is 17.1 Å². The van der Waals surface area contributed by atoms with E-state index in [1.54, 1.807) is 0 Å². The van der Waals surface area contributed by atoms with Crippen LogP contribution < -0.4 is 4.90 Å². The van der Waals surface area contributed by atoms with Crippen LogP contribution in [0.1, 0.15) is 51.3 Å². The highest BCUT2D eigenvalue weighted by Gasteiger charge is 2.36. The molecule has 8 aromatic carbocycles. The van der Waals surface area contributed by atoms with Crippen LogP contribution in [0.2, 0.25) is 0 Å². The minimum atomic E-state index is -0.0662. The molecule has 0 atom stereocenters. The van der Waals surface area contributed by atoms with E-state index in [4.69, 9.17) is 0 Å². The molecular formula is C53H43NS. The second kappa shape index (κ2) is 12.5. The van der Waals surface area contributed by atoms with Crippen molar-refractivity contribution in [1.82, 2.24) is 0 Å². The van der Waals surface area contributed by atoms with E-state index in [0.29, 0.717) is 0 Å². The first-order valence-corrected chi connectivity index (χ1v) is 20.2. The molecule has 55 heavy (non-hydrogen) atoms. The molecule has 0 aliphatic heterocycles. The fourth-order valence-electron chi connectivity index (χ4n) is 8.95. The molecule has 1 aliphatic rings. The predicted octanol–water partition coefficient (Wildman–Crippen LogP) is 15.6. The molecule has 1 aliphatic carbocycles. The van der Waals surface area contributed by atoms with Gasteiger partial charge < -0.3 is 4.90 Å². The molecule has 9 aromatic rings. The first kappa shape index (κ1) is 33.6. The second-order valence-electron chi connectivity index (χ2n) is 16.6. The molecule has 0 bridgehead atoms. The summed E-state index contributed by atoms with van der Waals surface area (Å²) in [5.74, 6) is 0. The molecule has 0 saturated carbocycles. The molecule has 0 saturated heterocycles. The Morgan fingerprint density at radius 3 is 1.89 bits per heavy atom. The Balaban J connectivity index is 1.23. The second-order valence-corrected chi connectivity index (χ2v) is 17.7. The summed E-state index contributed by atoms with van der Waals surface area (Å²) in [6, 6.07) is 63.5. The van der Waals surface area contributed by atoms with Crippen molar-refractivity contribution in [3.63, 3.8) is 0 Å². The molecular weight excluding hydrogens is 683 g/mol. The van der Waals surface area contributed by atoms with Gasteiger partial charge in [-0.15, -0.1) is 11.3 Å². The molecule has 0 radical (unpaired) electrons. The minimum absolute atomic E-state index is 0.0662. The summed E-state index contributed by atoms with van der Waals surface area (Å²) in [5.41, 5.74) is 15.2. The van der Waals surface area contributed by atoms with Crippen LogP contribution >= 0.6 is 11.3 Å². The lowest BCUT2D eigenvalue weighted by molar-refractivity contribution is 0.590. The van der Waals surface area contributed by atoms with Crippen LogP contribution in [0.15, 0.2) is 170 Å². The Morgan fingerprint density at radius 1 is 0.491 bits per heavy atom. The van der Waals surface area contributed by atoms with Gasteiger partial charge in [0.15, 0.2) is 0 Å². The van der Waals surface area contributed by atoms with Crippen molar-refractivity contribution in [2.24, 2.45) is 0 Å². The third-order valence-corrected chi connectivity index (χ3v) is 13.0. The number of nitrogens with zero attached hydrogens (tertiary/aromatic N) is 1. The van der Waals surface area contributed by atoms with Crippen LogP contribution in [0.3, 0.4) is 0 Å². The van der Waals surface area contributed by atoms with Gasteiger partial charge in [-0.25, -0.2) is 0 Å². The number of rotatable bonds is 5. The highest BCUT2D eigenvalue weighted by Crippen LogP contribution is 2.53. The van der Waals surface area contributed by atoms with Crippen LogP contribution in [-0.4, -0.2) is 0 Å². The summed E-state index contributed by atoms with van der Waals surface area (Å²) >= 11 is 1.88. The first-order valence-electron chi connectivity index (χ1n) is 19.3. The molecule has 2 heteroatoms. The van der Waals surface area contributed by atoms with Gasteiger partial charge in [0.05, 0.1) is 5.69 Å². The molecule has 266 valence electrons. The van der Waals surface area contributed by atoms with Gasteiger partial charge in [-0.1, -0.05) is 162 Å².